The first-order chi connectivity index (χ1) is 6.48. The fourth-order valence-corrected chi connectivity index (χ4v) is 1.95. The number of hydrogen-bond acceptors (Lipinski definition) is 4. The molecular weight excluding hydrogens is 194 g/mol. The second kappa shape index (κ2) is 2.98. The maximum atomic E-state index is 4.51. The van der Waals surface area contributed by atoms with Gasteiger partial charge in [0.05, 0.1) is 11.2 Å². The largest absolute Gasteiger partial charge is 0.241 e. The van der Waals surface area contributed by atoms with Gasteiger partial charge in [-0.25, -0.2) is 15.0 Å². The molecule has 0 saturated heterocycles. The minimum absolute atomic E-state index is 0.00292. The van der Waals surface area contributed by atoms with Crippen LogP contribution in [0.15, 0.2) is 5.51 Å². The van der Waals surface area contributed by atoms with Crippen LogP contribution in [0.2, 0.25) is 0 Å². The van der Waals surface area contributed by atoms with E-state index in [2.05, 4.69) is 35.7 Å². The first-order valence-corrected chi connectivity index (χ1v) is 5.45. The topological polar surface area (TPSA) is 38.7 Å². The van der Waals surface area contributed by atoms with E-state index in [0.717, 1.165) is 21.9 Å². The Kier molecular flexibility index (Phi) is 2.03. The molecule has 0 amide bonds. The summed E-state index contributed by atoms with van der Waals surface area (Å²) in [7, 11) is 0. The van der Waals surface area contributed by atoms with Gasteiger partial charge >= 0.3 is 0 Å². The van der Waals surface area contributed by atoms with Crippen molar-refractivity contribution in [3.63, 3.8) is 0 Å². The number of nitrogens with zero attached hydrogens (tertiary/aromatic N) is 3. The van der Waals surface area contributed by atoms with Crippen LogP contribution in [-0.2, 0) is 5.41 Å². The predicted octanol–water partition coefficient (Wildman–Crippen LogP) is 2.69. The molecule has 4 heteroatoms. The highest BCUT2D eigenvalue weighted by Crippen LogP contribution is 2.23. The highest BCUT2D eigenvalue weighted by molar-refractivity contribution is 7.16. The van der Waals surface area contributed by atoms with Crippen molar-refractivity contribution in [3.05, 3.63) is 17.0 Å². The summed E-state index contributed by atoms with van der Waals surface area (Å²) in [5, 5.41) is 0. The summed E-state index contributed by atoms with van der Waals surface area (Å²) in [6.45, 7) is 8.34. The zero-order valence-corrected chi connectivity index (χ0v) is 9.64. The second-order valence-electron chi connectivity index (χ2n) is 4.39. The third-order valence-electron chi connectivity index (χ3n) is 2.04. The molecule has 0 atom stereocenters. The van der Waals surface area contributed by atoms with Gasteiger partial charge in [0.1, 0.15) is 16.2 Å². The van der Waals surface area contributed by atoms with Gasteiger partial charge in [-0.2, -0.15) is 0 Å². The molecule has 2 heterocycles. The van der Waals surface area contributed by atoms with E-state index in [0.29, 0.717) is 0 Å². The van der Waals surface area contributed by atoms with Crippen molar-refractivity contribution in [1.82, 2.24) is 15.0 Å². The van der Waals surface area contributed by atoms with Gasteiger partial charge in [0.25, 0.3) is 0 Å². The summed E-state index contributed by atoms with van der Waals surface area (Å²) in [6.07, 6.45) is 0. The smallest absolute Gasteiger partial charge is 0.147 e. The summed E-state index contributed by atoms with van der Waals surface area (Å²) in [5.74, 6) is 0.895. The van der Waals surface area contributed by atoms with Gasteiger partial charge in [-0.3, -0.25) is 0 Å². The van der Waals surface area contributed by atoms with E-state index in [4.69, 9.17) is 0 Å². The normalized spacial score (nSPS) is 12.3. The highest BCUT2D eigenvalue weighted by atomic mass is 32.1. The Morgan fingerprint density at radius 3 is 2.57 bits per heavy atom. The number of rotatable bonds is 0. The van der Waals surface area contributed by atoms with Crippen LogP contribution in [0, 0.1) is 6.92 Å². The third-order valence-corrected chi connectivity index (χ3v) is 2.76. The zero-order chi connectivity index (χ0) is 10.3. The Balaban J connectivity index is 2.70. The van der Waals surface area contributed by atoms with Crippen molar-refractivity contribution in [2.75, 3.05) is 0 Å². The van der Waals surface area contributed by atoms with Gasteiger partial charge in [-0.15, -0.1) is 11.3 Å². The van der Waals surface area contributed by atoms with E-state index in [-0.39, 0.29) is 5.41 Å². The van der Waals surface area contributed by atoms with Crippen LogP contribution in [0.3, 0.4) is 0 Å². The highest BCUT2D eigenvalue weighted by Gasteiger charge is 2.19. The van der Waals surface area contributed by atoms with Crippen molar-refractivity contribution in [3.8, 4) is 0 Å². The average molecular weight is 207 g/mol. The van der Waals surface area contributed by atoms with E-state index in [1.807, 2.05) is 12.4 Å². The molecule has 0 fully saturated rings. The van der Waals surface area contributed by atoms with Gasteiger partial charge < -0.3 is 0 Å². The third kappa shape index (κ3) is 1.50. The maximum absolute atomic E-state index is 4.51. The molecule has 0 spiro atoms. The van der Waals surface area contributed by atoms with Crippen LogP contribution in [-0.4, -0.2) is 15.0 Å². The molecule has 0 aromatic carbocycles. The van der Waals surface area contributed by atoms with E-state index in [1.165, 1.54) is 0 Å². The maximum Gasteiger partial charge on any atom is 0.147 e. The van der Waals surface area contributed by atoms with Gasteiger partial charge in [-0.05, 0) is 6.92 Å². The first kappa shape index (κ1) is 9.52. The summed E-state index contributed by atoms with van der Waals surface area (Å²) in [6, 6.07) is 0. The quantitative estimate of drug-likeness (QED) is 0.666. The zero-order valence-electron chi connectivity index (χ0n) is 8.83. The molecule has 2 rings (SSSR count). The standard InChI is InChI=1S/C10H13N3S/c1-6-7-8(14-5-11-7)13-9(12-6)10(2,3)4/h5H,1-4H3. The number of aryl methyl sites for hydroxylation is 1. The Labute approximate surface area is 87.2 Å². The number of aromatic nitrogens is 3. The van der Waals surface area contributed by atoms with Gasteiger partial charge in [0, 0.05) is 5.41 Å². The Morgan fingerprint density at radius 2 is 1.93 bits per heavy atom. The predicted molar refractivity (Wildman–Crippen MR) is 58.6 cm³/mol. The molecule has 74 valence electrons. The first-order valence-electron chi connectivity index (χ1n) is 4.57. The second-order valence-corrected chi connectivity index (χ2v) is 5.22. The van der Waals surface area contributed by atoms with E-state index in [9.17, 15) is 0 Å². The Bertz CT molecular complexity index is 468. The molecule has 0 radical (unpaired) electrons. The molecule has 0 aliphatic rings. The minimum Gasteiger partial charge on any atom is -0.241 e. The molecular formula is C10H13N3S. The van der Waals surface area contributed by atoms with Crippen LogP contribution >= 0.6 is 11.3 Å². The van der Waals surface area contributed by atoms with Gasteiger partial charge in [0.15, 0.2) is 0 Å². The van der Waals surface area contributed by atoms with Crippen molar-refractivity contribution >= 4 is 21.7 Å². The van der Waals surface area contributed by atoms with E-state index in [1.54, 1.807) is 11.3 Å². The lowest BCUT2D eigenvalue weighted by Gasteiger charge is -2.16. The minimum atomic E-state index is 0.00292. The van der Waals surface area contributed by atoms with Gasteiger partial charge in [-0.1, -0.05) is 20.8 Å². The van der Waals surface area contributed by atoms with Crippen molar-refractivity contribution in [2.24, 2.45) is 0 Å². The Morgan fingerprint density at radius 1 is 1.21 bits per heavy atom. The molecule has 0 unspecified atom stereocenters. The Hall–Kier alpha value is -1.03. The monoisotopic (exact) mass is 207 g/mol. The molecule has 2 aromatic rings. The van der Waals surface area contributed by atoms with Crippen LogP contribution in [0.25, 0.3) is 10.3 Å². The molecule has 0 N–H and O–H groups in total. The molecule has 3 nitrogen and oxygen atoms in total. The fourth-order valence-electron chi connectivity index (χ4n) is 1.24. The summed E-state index contributed by atoms with van der Waals surface area (Å²) >= 11 is 1.57. The van der Waals surface area contributed by atoms with E-state index < -0.39 is 0 Å². The lowest BCUT2D eigenvalue weighted by Crippen LogP contribution is -2.16. The molecule has 2 aromatic heterocycles. The molecule has 0 aliphatic carbocycles. The van der Waals surface area contributed by atoms with Crippen LogP contribution in [0.4, 0.5) is 0 Å². The summed E-state index contributed by atoms with van der Waals surface area (Å²) in [5.41, 5.74) is 3.73. The average Bonchev–Trinajstić information content (AvgIpc) is 2.50. The molecule has 0 saturated carbocycles. The fraction of sp³-hybridized carbons (Fsp3) is 0.500. The van der Waals surface area contributed by atoms with Crippen LogP contribution in [0.1, 0.15) is 32.3 Å². The van der Waals surface area contributed by atoms with Crippen LogP contribution in [0.5, 0.6) is 0 Å². The van der Waals surface area contributed by atoms with Crippen molar-refractivity contribution in [1.29, 1.82) is 0 Å². The lowest BCUT2D eigenvalue weighted by atomic mass is 9.95. The van der Waals surface area contributed by atoms with Crippen molar-refractivity contribution in [2.45, 2.75) is 33.1 Å². The molecule has 14 heavy (non-hydrogen) atoms. The van der Waals surface area contributed by atoms with Crippen LogP contribution < -0.4 is 0 Å². The summed E-state index contributed by atoms with van der Waals surface area (Å²) in [4.78, 5) is 14.2. The number of thiazole rings is 1. The lowest BCUT2D eigenvalue weighted by molar-refractivity contribution is 0.547. The van der Waals surface area contributed by atoms with Crippen molar-refractivity contribution < 1.29 is 0 Å². The molecule has 0 bridgehead atoms. The van der Waals surface area contributed by atoms with E-state index >= 15 is 0 Å². The number of hydrogen-bond donors (Lipinski definition) is 0. The number of fused-ring (bicyclic) bond motifs is 1. The molecule has 0 aliphatic heterocycles. The SMILES string of the molecule is Cc1nc(C(C)(C)C)nc2scnc12. The van der Waals surface area contributed by atoms with Gasteiger partial charge in [0.2, 0.25) is 0 Å². The summed E-state index contributed by atoms with van der Waals surface area (Å²) < 4.78 is 0.